The molecule has 1 aromatic rings. The third kappa shape index (κ3) is 2.05. The predicted molar refractivity (Wildman–Crippen MR) is 64.1 cm³/mol. The summed E-state index contributed by atoms with van der Waals surface area (Å²) < 4.78 is 5.14. The van der Waals surface area contributed by atoms with E-state index in [9.17, 15) is 9.59 Å². The van der Waals surface area contributed by atoms with E-state index in [0.717, 1.165) is 4.90 Å². The van der Waals surface area contributed by atoms with Gasteiger partial charge < -0.3 is 4.74 Å². The van der Waals surface area contributed by atoms with Gasteiger partial charge in [-0.2, -0.15) is 5.26 Å². The minimum Gasteiger partial charge on any atom is -0.495 e. The van der Waals surface area contributed by atoms with Gasteiger partial charge in [0.1, 0.15) is 5.75 Å². The molecule has 0 radical (unpaired) electrons. The quantitative estimate of drug-likeness (QED) is 0.741. The maximum atomic E-state index is 11.8. The van der Waals surface area contributed by atoms with Crippen LogP contribution in [0.4, 0.5) is 5.69 Å². The Morgan fingerprint density at radius 2 is 1.94 bits per heavy atom. The van der Waals surface area contributed by atoms with Gasteiger partial charge in [-0.15, -0.1) is 0 Å². The number of rotatable bonds is 2. The van der Waals surface area contributed by atoms with Crippen LogP contribution in [0, 0.1) is 11.3 Å². The number of ether oxygens (including phenoxy) is 1. The average molecular weight is 244 g/mol. The third-order valence-electron chi connectivity index (χ3n) is 2.83. The molecule has 2 rings (SSSR count). The minimum absolute atomic E-state index is 0.228. The second kappa shape index (κ2) is 4.88. The second-order valence-electron chi connectivity index (χ2n) is 3.97. The van der Waals surface area contributed by atoms with Crippen LogP contribution in [0.15, 0.2) is 18.2 Å². The van der Waals surface area contributed by atoms with E-state index in [-0.39, 0.29) is 11.8 Å². The van der Waals surface area contributed by atoms with Gasteiger partial charge in [0.05, 0.1) is 24.4 Å². The standard InChI is InChI=1S/C13H12N2O3/c1-18-11-7-9(8-14)5-6-10(11)15-12(16)3-2-4-13(15)17/h5-7H,2-4H2,1H3. The Balaban J connectivity index is 2.46. The fourth-order valence-electron chi connectivity index (χ4n) is 1.95. The van der Waals surface area contributed by atoms with Crippen molar-refractivity contribution in [1.29, 1.82) is 5.26 Å². The first kappa shape index (κ1) is 12.1. The van der Waals surface area contributed by atoms with E-state index in [1.54, 1.807) is 12.1 Å². The summed E-state index contributed by atoms with van der Waals surface area (Å²) in [7, 11) is 1.44. The predicted octanol–water partition coefficient (Wildman–Crippen LogP) is 1.61. The normalized spacial score (nSPS) is 15.4. The highest BCUT2D eigenvalue weighted by Gasteiger charge is 2.29. The van der Waals surface area contributed by atoms with E-state index in [2.05, 4.69) is 0 Å². The van der Waals surface area contributed by atoms with Crippen molar-refractivity contribution in [3.05, 3.63) is 23.8 Å². The minimum atomic E-state index is -0.228. The van der Waals surface area contributed by atoms with Crippen molar-refractivity contribution >= 4 is 17.5 Å². The van der Waals surface area contributed by atoms with Crippen molar-refractivity contribution in [1.82, 2.24) is 0 Å². The lowest BCUT2D eigenvalue weighted by molar-refractivity contribution is -0.129. The maximum absolute atomic E-state index is 11.8. The van der Waals surface area contributed by atoms with Gasteiger partial charge in [-0.25, -0.2) is 4.90 Å². The molecule has 1 fully saturated rings. The number of nitrogens with zero attached hydrogens (tertiary/aromatic N) is 2. The maximum Gasteiger partial charge on any atom is 0.233 e. The summed E-state index contributed by atoms with van der Waals surface area (Å²) >= 11 is 0. The van der Waals surface area contributed by atoms with Gasteiger partial charge in [0.2, 0.25) is 11.8 Å². The molecule has 1 saturated heterocycles. The summed E-state index contributed by atoms with van der Waals surface area (Å²) in [4.78, 5) is 24.8. The molecule has 1 heterocycles. The van der Waals surface area contributed by atoms with Crippen LogP contribution >= 0.6 is 0 Å². The van der Waals surface area contributed by atoms with Crippen LogP contribution in [0.1, 0.15) is 24.8 Å². The largest absolute Gasteiger partial charge is 0.495 e. The summed E-state index contributed by atoms with van der Waals surface area (Å²) in [5.41, 5.74) is 0.832. The number of benzene rings is 1. The first-order chi connectivity index (χ1) is 8.67. The summed E-state index contributed by atoms with van der Waals surface area (Å²) in [5, 5.41) is 8.81. The van der Waals surface area contributed by atoms with Gasteiger partial charge in [0, 0.05) is 18.9 Å². The van der Waals surface area contributed by atoms with Gasteiger partial charge in [-0.3, -0.25) is 9.59 Å². The van der Waals surface area contributed by atoms with Crippen molar-refractivity contribution in [2.75, 3.05) is 12.0 Å². The zero-order valence-corrected chi connectivity index (χ0v) is 9.97. The number of carbonyl (C=O) groups is 2. The molecule has 1 aromatic carbocycles. The summed E-state index contributed by atoms with van der Waals surface area (Å²) in [6.07, 6.45) is 1.30. The van der Waals surface area contributed by atoms with Crippen LogP contribution in [0.3, 0.4) is 0 Å². The average Bonchev–Trinajstić information content (AvgIpc) is 2.38. The summed E-state index contributed by atoms with van der Waals surface area (Å²) in [6.45, 7) is 0. The molecule has 5 nitrogen and oxygen atoms in total. The lowest BCUT2D eigenvalue weighted by atomic mass is 10.1. The van der Waals surface area contributed by atoms with E-state index >= 15 is 0 Å². The van der Waals surface area contributed by atoms with Gasteiger partial charge in [-0.1, -0.05) is 0 Å². The molecule has 0 atom stereocenters. The summed E-state index contributed by atoms with van der Waals surface area (Å²) in [5.74, 6) is -0.0961. The Bertz CT molecular complexity index is 530. The zero-order valence-electron chi connectivity index (χ0n) is 9.97. The Labute approximate surface area is 105 Å². The van der Waals surface area contributed by atoms with Crippen molar-refractivity contribution in [3.8, 4) is 11.8 Å². The molecule has 0 bridgehead atoms. The highest BCUT2D eigenvalue weighted by Crippen LogP contribution is 2.32. The Kier molecular flexibility index (Phi) is 3.28. The van der Waals surface area contributed by atoms with Gasteiger partial charge in [-0.05, 0) is 18.6 Å². The molecule has 5 heteroatoms. The van der Waals surface area contributed by atoms with E-state index in [1.165, 1.54) is 13.2 Å². The van der Waals surface area contributed by atoms with Crippen molar-refractivity contribution in [3.63, 3.8) is 0 Å². The highest BCUT2D eigenvalue weighted by atomic mass is 16.5. The molecule has 0 unspecified atom stereocenters. The molecule has 0 spiro atoms. The highest BCUT2D eigenvalue weighted by molar-refractivity contribution is 6.17. The van der Waals surface area contributed by atoms with Crippen molar-refractivity contribution < 1.29 is 14.3 Å². The van der Waals surface area contributed by atoms with Crippen LogP contribution in [0.5, 0.6) is 5.75 Å². The third-order valence-corrected chi connectivity index (χ3v) is 2.83. The van der Waals surface area contributed by atoms with Crippen LogP contribution in [-0.2, 0) is 9.59 Å². The van der Waals surface area contributed by atoms with Crippen LogP contribution in [0.2, 0.25) is 0 Å². The summed E-state index contributed by atoms with van der Waals surface area (Å²) in [6, 6.07) is 6.63. The topological polar surface area (TPSA) is 70.4 Å². The fraction of sp³-hybridized carbons (Fsp3) is 0.308. The number of amides is 2. The molecular weight excluding hydrogens is 232 g/mol. The Hall–Kier alpha value is -2.35. The van der Waals surface area contributed by atoms with E-state index in [1.807, 2.05) is 6.07 Å². The molecule has 18 heavy (non-hydrogen) atoms. The monoisotopic (exact) mass is 244 g/mol. The number of hydrogen-bond donors (Lipinski definition) is 0. The molecular formula is C13H12N2O3. The van der Waals surface area contributed by atoms with Crippen LogP contribution in [0.25, 0.3) is 0 Å². The second-order valence-corrected chi connectivity index (χ2v) is 3.97. The van der Waals surface area contributed by atoms with E-state index in [0.29, 0.717) is 36.3 Å². The molecule has 0 aliphatic carbocycles. The SMILES string of the molecule is COc1cc(C#N)ccc1N1C(=O)CCCC1=O. The molecule has 0 aromatic heterocycles. The zero-order chi connectivity index (χ0) is 13.1. The number of piperidine rings is 1. The van der Waals surface area contributed by atoms with E-state index in [4.69, 9.17) is 10.00 Å². The lowest BCUT2D eigenvalue weighted by Gasteiger charge is -2.26. The first-order valence-corrected chi connectivity index (χ1v) is 5.61. The Morgan fingerprint density at radius 3 is 2.50 bits per heavy atom. The van der Waals surface area contributed by atoms with Crippen LogP contribution in [-0.4, -0.2) is 18.9 Å². The Morgan fingerprint density at radius 1 is 1.28 bits per heavy atom. The number of anilines is 1. The number of nitriles is 1. The van der Waals surface area contributed by atoms with Gasteiger partial charge in [0.25, 0.3) is 0 Å². The first-order valence-electron chi connectivity index (χ1n) is 5.61. The molecule has 2 amide bonds. The van der Waals surface area contributed by atoms with Crippen molar-refractivity contribution in [2.24, 2.45) is 0 Å². The van der Waals surface area contributed by atoms with Gasteiger partial charge >= 0.3 is 0 Å². The van der Waals surface area contributed by atoms with Crippen molar-refractivity contribution in [2.45, 2.75) is 19.3 Å². The number of methoxy groups -OCH3 is 1. The smallest absolute Gasteiger partial charge is 0.233 e. The molecule has 0 N–H and O–H groups in total. The lowest BCUT2D eigenvalue weighted by Crippen LogP contribution is -2.40. The fourth-order valence-corrected chi connectivity index (χ4v) is 1.95. The molecule has 92 valence electrons. The molecule has 0 saturated carbocycles. The number of carbonyl (C=O) groups excluding carboxylic acids is 2. The van der Waals surface area contributed by atoms with Crippen LogP contribution < -0.4 is 9.64 Å². The molecule has 1 aliphatic rings. The van der Waals surface area contributed by atoms with E-state index < -0.39 is 0 Å². The molecule has 1 aliphatic heterocycles. The number of imide groups is 1. The van der Waals surface area contributed by atoms with Gasteiger partial charge in [0.15, 0.2) is 0 Å². The number of hydrogen-bond acceptors (Lipinski definition) is 4.